The quantitative estimate of drug-likeness (QED) is 0.131. The van der Waals surface area contributed by atoms with Crippen LogP contribution in [-0.2, 0) is 0 Å². The van der Waals surface area contributed by atoms with Crippen LogP contribution < -0.4 is 0 Å². The average molecular weight is 657 g/mol. The van der Waals surface area contributed by atoms with Crippen molar-refractivity contribution in [3.63, 3.8) is 0 Å². The van der Waals surface area contributed by atoms with Crippen LogP contribution in [0, 0.1) is 0 Å². The smallest absolute Gasteiger partial charge is 0.00199 e. The molecule has 0 fully saturated rings. The van der Waals surface area contributed by atoms with Crippen molar-refractivity contribution in [1.29, 1.82) is 0 Å². The molecule has 0 heterocycles. The fraction of sp³-hybridized carbons (Fsp3) is 0. The van der Waals surface area contributed by atoms with E-state index in [0.29, 0.717) is 0 Å². The van der Waals surface area contributed by atoms with Gasteiger partial charge in [-0.25, -0.2) is 0 Å². The van der Waals surface area contributed by atoms with Crippen LogP contribution in [-0.4, -0.2) is 0 Å². The van der Waals surface area contributed by atoms with Crippen molar-refractivity contribution in [2.45, 2.75) is 0 Å². The lowest BCUT2D eigenvalue weighted by atomic mass is 9.84. The summed E-state index contributed by atoms with van der Waals surface area (Å²) in [5, 5.41) is 18.0. The standard InChI is InChI=1S/C52H32/c1-2-19-36-33(15-1)16-14-30-41(36)51-46-28-11-9-26-44(46)50(45-27-10-12-29-47(45)51)35-18-13-17-34(31-35)48-32-49-39-22-4-3-20-37(39)38-21-5-7-24-42(38)52(49)43-25-8-6-23-40(43)48/h1-32H. The van der Waals surface area contributed by atoms with E-state index in [4.69, 9.17) is 0 Å². The maximum absolute atomic E-state index is 2.45. The van der Waals surface area contributed by atoms with Crippen LogP contribution in [0.3, 0.4) is 0 Å². The van der Waals surface area contributed by atoms with Crippen molar-refractivity contribution >= 4 is 75.4 Å². The lowest BCUT2D eigenvalue weighted by molar-refractivity contribution is 1.64. The minimum atomic E-state index is 1.22. The van der Waals surface area contributed by atoms with Gasteiger partial charge in [0.2, 0.25) is 0 Å². The van der Waals surface area contributed by atoms with Gasteiger partial charge in [-0.05, 0) is 121 Å². The third-order valence-electron chi connectivity index (χ3n) is 11.2. The summed E-state index contributed by atoms with van der Waals surface area (Å²) in [6, 6.07) is 71.8. The zero-order valence-corrected chi connectivity index (χ0v) is 28.5. The SMILES string of the molecule is c1cc(-c2c3ccccc3c(-c3cccc4ccccc34)c3ccccc23)cc(-c2cc3c4ccccc4c4ccccc4c3c3ccccc23)c1. The number of benzene rings is 11. The van der Waals surface area contributed by atoms with Crippen LogP contribution >= 0.6 is 0 Å². The van der Waals surface area contributed by atoms with E-state index in [-0.39, 0.29) is 0 Å². The van der Waals surface area contributed by atoms with Crippen molar-refractivity contribution in [2.75, 3.05) is 0 Å². The molecular formula is C52H32. The number of rotatable bonds is 3. The van der Waals surface area contributed by atoms with Crippen LogP contribution in [0.2, 0.25) is 0 Å². The summed E-state index contributed by atoms with van der Waals surface area (Å²) in [5.41, 5.74) is 7.54. The second-order valence-electron chi connectivity index (χ2n) is 13.9. The maximum Gasteiger partial charge on any atom is -0.00199 e. The fourth-order valence-electron chi connectivity index (χ4n) is 9.02. The van der Waals surface area contributed by atoms with Gasteiger partial charge in [0.1, 0.15) is 0 Å². The molecule has 52 heavy (non-hydrogen) atoms. The topological polar surface area (TPSA) is 0 Å². The first-order valence-electron chi connectivity index (χ1n) is 18.1. The molecule has 0 aliphatic carbocycles. The second-order valence-corrected chi connectivity index (χ2v) is 13.9. The van der Waals surface area contributed by atoms with Crippen LogP contribution in [0.4, 0.5) is 0 Å². The second kappa shape index (κ2) is 11.4. The summed E-state index contributed by atoms with van der Waals surface area (Å²) in [6.45, 7) is 0. The molecule has 0 saturated carbocycles. The largest absolute Gasteiger partial charge is 0.0616 e. The van der Waals surface area contributed by atoms with Gasteiger partial charge in [0.15, 0.2) is 0 Å². The molecule has 0 bridgehead atoms. The molecule has 0 aliphatic rings. The third kappa shape index (κ3) is 4.22. The van der Waals surface area contributed by atoms with Gasteiger partial charge in [0.05, 0.1) is 0 Å². The molecule has 0 spiro atoms. The Morgan fingerprint density at radius 1 is 0.212 bits per heavy atom. The predicted octanol–water partition coefficient (Wildman–Crippen LogP) is 14.8. The molecule has 0 nitrogen and oxygen atoms in total. The average Bonchev–Trinajstić information content (AvgIpc) is 3.22. The Bertz CT molecular complexity index is 3170. The van der Waals surface area contributed by atoms with Crippen molar-refractivity contribution in [3.05, 3.63) is 194 Å². The van der Waals surface area contributed by atoms with Gasteiger partial charge in [-0.2, -0.15) is 0 Å². The first kappa shape index (κ1) is 29.0. The number of hydrogen-bond acceptors (Lipinski definition) is 0. The van der Waals surface area contributed by atoms with E-state index in [1.807, 2.05) is 0 Å². The molecule has 0 amide bonds. The van der Waals surface area contributed by atoms with Gasteiger partial charge in [-0.15, -0.1) is 0 Å². The third-order valence-corrected chi connectivity index (χ3v) is 11.2. The van der Waals surface area contributed by atoms with Crippen molar-refractivity contribution in [3.8, 4) is 33.4 Å². The van der Waals surface area contributed by atoms with Crippen LogP contribution in [0.15, 0.2) is 194 Å². The molecular weight excluding hydrogens is 625 g/mol. The van der Waals surface area contributed by atoms with E-state index in [9.17, 15) is 0 Å². The van der Waals surface area contributed by atoms with Crippen molar-refractivity contribution in [2.24, 2.45) is 0 Å². The minimum absolute atomic E-state index is 1.22. The molecule has 0 unspecified atom stereocenters. The van der Waals surface area contributed by atoms with Crippen molar-refractivity contribution in [1.82, 2.24) is 0 Å². The predicted molar refractivity (Wildman–Crippen MR) is 225 cm³/mol. The Kier molecular flexibility index (Phi) is 6.35. The Hall–Kier alpha value is -6.76. The summed E-state index contributed by atoms with van der Waals surface area (Å²) in [4.78, 5) is 0. The number of fused-ring (bicyclic) bond motifs is 11. The summed E-state index contributed by atoms with van der Waals surface area (Å²) in [7, 11) is 0. The number of hydrogen-bond donors (Lipinski definition) is 0. The highest BCUT2D eigenvalue weighted by Crippen LogP contribution is 2.47. The molecule has 0 heteroatoms. The zero-order valence-electron chi connectivity index (χ0n) is 28.5. The normalized spacial score (nSPS) is 11.8. The van der Waals surface area contributed by atoms with Gasteiger partial charge in [0, 0.05) is 0 Å². The molecule has 11 aromatic carbocycles. The van der Waals surface area contributed by atoms with E-state index in [0.717, 1.165) is 0 Å². The Balaban J connectivity index is 1.21. The summed E-state index contributed by atoms with van der Waals surface area (Å²) in [6.07, 6.45) is 0. The zero-order chi connectivity index (χ0) is 34.2. The molecule has 0 radical (unpaired) electrons. The Morgan fingerprint density at radius 3 is 1.29 bits per heavy atom. The fourth-order valence-corrected chi connectivity index (χ4v) is 9.02. The minimum Gasteiger partial charge on any atom is -0.0616 e. The molecule has 11 aromatic rings. The van der Waals surface area contributed by atoms with E-state index >= 15 is 0 Å². The summed E-state index contributed by atoms with van der Waals surface area (Å²) in [5.74, 6) is 0. The van der Waals surface area contributed by atoms with Gasteiger partial charge in [-0.3, -0.25) is 0 Å². The molecule has 240 valence electrons. The highest BCUT2D eigenvalue weighted by atomic mass is 14.2. The van der Waals surface area contributed by atoms with E-state index in [1.165, 1.54) is 109 Å². The van der Waals surface area contributed by atoms with Crippen LogP contribution in [0.5, 0.6) is 0 Å². The summed E-state index contributed by atoms with van der Waals surface area (Å²) < 4.78 is 0. The maximum atomic E-state index is 2.45. The Labute approximate surface area is 301 Å². The van der Waals surface area contributed by atoms with E-state index < -0.39 is 0 Å². The summed E-state index contributed by atoms with van der Waals surface area (Å²) >= 11 is 0. The highest BCUT2D eigenvalue weighted by Gasteiger charge is 2.19. The molecule has 0 atom stereocenters. The van der Waals surface area contributed by atoms with Crippen LogP contribution in [0.25, 0.3) is 109 Å². The first-order valence-corrected chi connectivity index (χ1v) is 18.1. The van der Waals surface area contributed by atoms with E-state index in [1.54, 1.807) is 0 Å². The molecule has 0 aromatic heterocycles. The van der Waals surface area contributed by atoms with Crippen molar-refractivity contribution < 1.29 is 0 Å². The van der Waals surface area contributed by atoms with E-state index in [2.05, 4.69) is 194 Å². The van der Waals surface area contributed by atoms with Gasteiger partial charge in [-0.1, -0.05) is 182 Å². The van der Waals surface area contributed by atoms with Crippen LogP contribution in [0.1, 0.15) is 0 Å². The Morgan fingerprint density at radius 2 is 0.635 bits per heavy atom. The van der Waals surface area contributed by atoms with Gasteiger partial charge >= 0.3 is 0 Å². The highest BCUT2D eigenvalue weighted by molar-refractivity contribution is 6.33. The molecule has 11 rings (SSSR count). The monoisotopic (exact) mass is 656 g/mol. The lowest BCUT2D eigenvalue weighted by Gasteiger charge is -2.19. The van der Waals surface area contributed by atoms with Gasteiger partial charge < -0.3 is 0 Å². The lowest BCUT2D eigenvalue weighted by Crippen LogP contribution is -1.92. The molecule has 0 saturated heterocycles. The van der Waals surface area contributed by atoms with Gasteiger partial charge in [0.25, 0.3) is 0 Å². The molecule has 0 N–H and O–H groups in total. The molecule has 0 aliphatic heterocycles. The first-order chi connectivity index (χ1) is 25.8.